The van der Waals surface area contributed by atoms with Gasteiger partial charge in [0.2, 0.25) is 0 Å². The fourth-order valence-electron chi connectivity index (χ4n) is 1.99. The van der Waals surface area contributed by atoms with Crippen LogP contribution in [-0.2, 0) is 9.53 Å². The van der Waals surface area contributed by atoms with Crippen LogP contribution in [0.3, 0.4) is 0 Å². The molecule has 18 heavy (non-hydrogen) atoms. The van der Waals surface area contributed by atoms with E-state index >= 15 is 0 Å². The molecule has 0 bridgehead atoms. The Bertz CT molecular complexity index is 211. The molecule has 3 heteroatoms. The third-order valence-electron chi connectivity index (χ3n) is 2.86. The van der Waals surface area contributed by atoms with Gasteiger partial charge in [-0.15, -0.1) is 0 Å². The second kappa shape index (κ2) is 12.6. The molecule has 0 fully saturated rings. The molecule has 0 amide bonds. The van der Waals surface area contributed by atoms with E-state index in [1.165, 1.54) is 51.4 Å². The van der Waals surface area contributed by atoms with Crippen LogP contribution in [0.5, 0.6) is 0 Å². The van der Waals surface area contributed by atoms with E-state index in [9.17, 15) is 4.79 Å². The van der Waals surface area contributed by atoms with Crippen LogP contribution >= 0.6 is 0 Å². The summed E-state index contributed by atoms with van der Waals surface area (Å²) in [6.07, 6.45) is 8.24. The fraction of sp³-hybridized carbons (Fsp3) is 0.800. The van der Waals surface area contributed by atoms with Gasteiger partial charge < -0.3 is 9.64 Å². The molecule has 0 heterocycles. The molecule has 0 saturated carbocycles. The lowest BCUT2D eigenvalue weighted by atomic mass is 10.2. The second-order valence-corrected chi connectivity index (χ2v) is 4.63. The summed E-state index contributed by atoms with van der Waals surface area (Å²) in [6.45, 7) is 12.0. The molecule has 0 aromatic heterocycles. The third-order valence-corrected chi connectivity index (χ3v) is 2.86. The minimum absolute atomic E-state index is 0.313. The average molecular weight is 255 g/mol. The van der Waals surface area contributed by atoms with Crippen LogP contribution < -0.4 is 0 Å². The summed E-state index contributed by atoms with van der Waals surface area (Å²) in [6, 6.07) is 0. The van der Waals surface area contributed by atoms with E-state index in [0.29, 0.717) is 6.61 Å². The van der Waals surface area contributed by atoms with Gasteiger partial charge in [0, 0.05) is 6.08 Å². The smallest absolute Gasteiger partial charge is 0.330 e. The van der Waals surface area contributed by atoms with Crippen molar-refractivity contribution < 1.29 is 9.53 Å². The number of carbonyl (C=O) groups excluding carboxylic acids is 1. The number of hydrogen-bond donors (Lipinski definition) is 0. The predicted molar refractivity (Wildman–Crippen MR) is 76.6 cm³/mol. The molecule has 0 unspecified atom stereocenters. The van der Waals surface area contributed by atoms with Crippen LogP contribution in [-0.4, -0.2) is 37.1 Å². The number of esters is 1. The molecule has 0 radical (unpaired) electrons. The highest BCUT2D eigenvalue weighted by molar-refractivity contribution is 5.81. The number of carbonyl (C=O) groups is 1. The number of unbranched alkanes of at least 4 members (excludes halogenated alkanes) is 3. The molecule has 3 nitrogen and oxygen atoms in total. The molecule has 0 aliphatic rings. The van der Waals surface area contributed by atoms with Gasteiger partial charge in [-0.2, -0.15) is 0 Å². The molecule has 0 spiro atoms. The quantitative estimate of drug-likeness (QED) is 0.304. The number of rotatable bonds is 12. The van der Waals surface area contributed by atoms with Gasteiger partial charge in [0.15, 0.2) is 0 Å². The lowest BCUT2D eigenvalue weighted by Gasteiger charge is -2.20. The maximum Gasteiger partial charge on any atom is 0.330 e. The highest BCUT2D eigenvalue weighted by Crippen LogP contribution is 2.03. The van der Waals surface area contributed by atoms with Gasteiger partial charge in [0.1, 0.15) is 0 Å². The summed E-state index contributed by atoms with van der Waals surface area (Å²) in [5.74, 6) is -0.313. The largest absolute Gasteiger partial charge is 0.463 e. The highest BCUT2D eigenvalue weighted by atomic mass is 16.5. The van der Waals surface area contributed by atoms with Crippen molar-refractivity contribution >= 4 is 5.97 Å². The Hall–Kier alpha value is -0.830. The van der Waals surface area contributed by atoms with Crippen LogP contribution in [0.1, 0.15) is 52.4 Å². The summed E-state index contributed by atoms with van der Waals surface area (Å²) in [7, 11) is 0. The summed E-state index contributed by atoms with van der Waals surface area (Å²) in [5.41, 5.74) is 0. The van der Waals surface area contributed by atoms with Gasteiger partial charge in [-0.3, -0.25) is 0 Å². The summed E-state index contributed by atoms with van der Waals surface area (Å²) < 4.78 is 4.93. The van der Waals surface area contributed by atoms with Gasteiger partial charge in [-0.05, 0) is 45.3 Å². The fourth-order valence-corrected chi connectivity index (χ4v) is 1.99. The average Bonchev–Trinajstić information content (AvgIpc) is 2.37. The first kappa shape index (κ1) is 17.2. The van der Waals surface area contributed by atoms with Crippen molar-refractivity contribution in [3.05, 3.63) is 12.7 Å². The normalized spacial score (nSPS) is 10.6. The molecule has 0 aromatic carbocycles. The Balaban J connectivity index is 3.37. The summed E-state index contributed by atoms with van der Waals surface area (Å²) in [5, 5.41) is 0. The number of nitrogens with zero attached hydrogens (tertiary/aromatic N) is 1. The lowest BCUT2D eigenvalue weighted by molar-refractivity contribution is -0.137. The predicted octanol–water partition coefficient (Wildman–Crippen LogP) is 3.40. The van der Waals surface area contributed by atoms with Gasteiger partial charge in [-0.1, -0.05) is 33.3 Å². The van der Waals surface area contributed by atoms with Gasteiger partial charge in [0.25, 0.3) is 0 Å². The van der Waals surface area contributed by atoms with Crippen molar-refractivity contribution in [2.75, 3.05) is 26.2 Å². The lowest BCUT2D eigenvalue weighted by Crippen LogP contribution is -2.26. The van der Waals surface area contributed by atoms with E-state index in [2.05, 4.69) is 25.3 Å². The van der Waals surface area contributed by atoms with E-state index in [1.807, 2.05) is 0 Å². The van der Waals surface area contributed by atoms with E-state index < -0.39 is 0 Å². The van der Waals surface area contributed by atoms with Crippen molar-refractivity contribution in [2.45, 2.75) is 52.4 Å². The Morgan fingerprint density at radius 2 is 1.67 bits per heavy atom. The molecule has 0 aliphatic heterocycles. The standard InChI is InChI=1S/C15H29NO2/c1-4-11-16(12-5-2)13-9-7-8-10-14-18-15(17)6-3/h6H,3-5,7-14H2,1-2H3. The molecule has 0 rings (SSSR count). The molecular weight excluding hydrogens is 226 g/mol. The zero-order valence-corrected chi connectivity index (χ0v) is 12.1. The van der Waals surface area contributed by atoms with E-state index in [0.717, 1.165) is 12.8 Å². The van der Waals surface area contributed by atoms with Crippen molar-refractivity contribution in [3.63, 3.8) is 0 Å². The van der Waals surface area contributed by atoms with Crippen LogP contribution in [0.25, 0.3) is 0 Å². The zero-order valence-electron chi connectivity index (χ0n) is 12.1. The molecular formula is C15H29NO2. The van der Waals surface area contributed by atoms with Crippen molar-refractivity contribution in [1.82, 2.24) is 4.90 Å². The molecule has 0 N–H and O–H groups in total. The Kier molecular flexibility index (Phi) is 12.0. The van der Waals surface area contributed by atoms with Crippen LogP contribution in [0.2, 0.25) is 0 Å². The van der Waals surface area contributed by atoms with E-state index in [-0.39, 0.29) is 5.97 Å². The van der Waals surface area contributed by atoms with E-state index in [4.69, 9.17) is 4.74 Å². The second-order valence-electron chi connectivity index (χ2n) is 4.63. The first-order valence-electron chi connectivity index (χ1n) is 7.26. The van der Waals surface area contributed by atoms with Crippen LogP contribution in [0.15, 0.2) is 12.7 Å². The van der Waals surface area contributed by atoms with Gasteiger partial charge in [0.05, 0.1) is 6.61 Å². The highest BCUT2D eigenvalue weighted by Gasteiger charge is 2.01. The Morgan fingerprint density at radius 1 is 1.06 bits per heavy atom. The molecule has 106 valence electrons. The third kappa shape index (κ3) is 10.3. The first-order valence-corrected chi connectivity index (χ1v) is 7.26. The molecule has 0 aliphatic carbocycles. The Morgan fingerprint density at radius 3 is 2.22 bits per heavy atom. The molecule has 0 saturated heterocycles. The van der Waals surface area contributed by atoms with Gasteiger partial charge in [-0.25, -0.2) is 4.79 Å². The van der Waals surface area contributed by atoms with Crippen molar-refractivity contribution in [3.8, 4) is 0 Å². The number of ether oxygens (including phenoxy) is 1. The zero-order chi connectivity index (χ0) is 13.6. The minimum atomic E-state index is -0.313. The van der Waals surface area contributed by atoms with Crippen LogP contribution in [0.4, 0.5) is 0 Å². The van der Waals surface area contributed by atoms with Crippen LogP contribution in [0, 0.1) is 0 Å². The maximum absolute atomic E-state index is 10.8. The van der Waals surface area contributed by atoms with Crippen molar-refractivity contribution in [1.29, 1.82) is 0 Å². The first-order chi connectivity index (χ1) is 8.74. The number of hydrogen-bond acceptors (Lipinski definition) is 3. The summed E-state index contributed by atoms with van der Waals surface area (Å²) >= 11 is 0. The topological polar surface area (TPSA) is 29.5 Å². The maximum atomic E-state index is 10.8. The Labute approximate surface area is 112 Å². The summed E-state index contributed by atoms with van der Waals surface area (Å²) in [4.78, 5) is 13.3. The van der Waals surface area contributed by atoms with Crippen molar-refractivity contribution in [2.24, 2.45) is 0 Å². The minimum Gasteiger partial charge on any atom is -0.463 e. The van der Waals surface area contributed by atoms with E-state index in [1.54, 1.807) is 0 Å². The SMILES string of the molecule is C=CC(=O)OCCCCCCN(CCC)CCC. The monoisotopic (exact) mass is 255 g/mol. The molecule has 0 atom stereocenters. The van der Waals surface area contributed by atoms with Gasteiger partial charge >= 0.3 is 5.97 Å². The molecule has 0 aromatic rings.